The van der Waals surface area contributed by atoms with Gasteiger partial charge in [-0.1, -0.05) is 43.6 Å². The third kappa shape index (κ3) is 2.71. The number of benzene rings is 1. The summed E-state index contributed by atoms with van der Waals surface area (Å²) in [5.41, 5.74) is 1.20. The molecule has 0 bridgehead atoms. The minimum atomic E-state index is 0.388. The highest BCUT2D eigenvalue weighted by atomic mass is 35.5. The average molecular weight is 198 g/mol. The second-order valence-electron chi connectivity index (χ2n) is 3.04. The molecule has 1 aromatic rings. The monoisotopic (exact) mass is 197 g/mol. The fourth-order valence-corrected chi connectivity index (χ4v) is 1.75. The topological polar surface area (TPSA) is 12.0 Å². The van der Waals surface area contributed by atoms with E-state index in [9.17, 15) is 0 Å². The van der Waals surface area contributed by atoms with Crippen LogP contribution in [0.3, 0.4) is 0 Å². The Hall–Kier alpha value is -0.530. The first-order valence-corrected chi connectivity index (χ1v) is 5.15. The third-order valence-corrected chi connectivity index (χ3v) is 2.48. The molecule has 0 fully saturated rings. The standard InChI is InChI=1S/C11H16ClN/c1-3-11(13-4-2)9-7-5-6-8-10(9)12/h5-8,11,13H,3-4H2,1-2H3/t11-/m1/s1. The van der Waals surface area contributed by atoms with Crippen LogP contribution in [0.25, 0.3) is 0 Å². The molecule has 72 valence electrons. The minimum Gasteiger partial charge on any atom is -0.310 e. The number of nitrogens with one attached hydrogen (secondary N) is 1. The third-order valence-electron chi connectivity index (χ3n) is 2.14. The fraction of sp³-hybridized carbons (Fsp3) is 0.455. The lowest BCUT2D eigenvalue weighted by Crippen LogP contribution is -2.20. The van der Waals surface area contributed by atoms with E-state index in [2.05, 4.69) is 25.2 Å². The van der Waals surface area contributed by atoms with Crippen LogP contribution >= 0.6 is 11.6 Å². The molecule has 1 nitrogen and oxygen atoms in total. The van der Waals surface area contributed by atoms with Crippen LogP contribution in [0, 0.1) is 0 Å². The van der Waals surface area contributed by atoms with Crippen LogP contribution in [0.5, 0.6) is 0 Å². The van der Waals surface area contributed by atoms with E-state index in [0.29, 0.717) is 6.04 Å². The Kier molecular flexibility index (Phi) is 4.26. The lowest BCUT2D eigenvalue weighted by atomic mass is 10.0. The molecule has 1 atom stereocenters. The van der Waals surface area contributed by atoms with Crippen molar-refractivity contribution in [2.75, 3.05) is 6.54 Å². The lowest BCUT2D eigenvalue weighted by Gasteiger charge is -2.17. The molecule has 2 heteroatoms. The summed E-state index contributed by atoms with van der Waals surface area (Å²) in [7, 11) is 0. The summed E-state index contributed by atoms with van der Waals surface area (Å²) in [4.78, 5) is 0. The molecule has 0 aromatic heterocycles. The first-order chi connectivity index (χ1) is 6.29. The van der Waals surface area contributed by atoms with E-state index in [1.807, 2.05) is 18.2 Å². The van der Waals surface area contributed by atoms with E-state index in [-0.39, 0.29) is 0 Å². The van der Waals surface area contributed by atoms with Gasteiger partial charge in [0.05, 0.1) is 0 Å². The summed E-state index contributed by atoms with van der Waals surface area (Å²) in [5, 5.41) is 4.26. The average Bonchev–Trinajstić information content (AvgIpc) is 2.16. The quantitative estimate of drug-likeness (QED) is 0.780. The van der Waals surface area contributed by atoms with E-state index in [1.165, 1.54) is 5.56 Å². The molecule has 0 saturated heterocycles. The highest BCUT2D eigenvalue weighted by Gasteiger charge is 2.09. The van der Waals surface area contributed by atoms with Crippen LogP contribution < -0.4 is 5.32 Å². The molecule has 0 spiro atoms. The first kappa shape index (κ1) is 10.6. The zero-order chi connectivity index (χ0) is 9.68. The Morgan fingerprint density at radius 1 is 1.31 bits per heavy atom. The molecule has 0 aliphatic heterocycles. The van der Waals surface area contributed by atoms with Crippen LogP contribution in [0.15, 0.2) is 24.3 Å². The van der Waals surface area contributed by atoms with Gasteiger partial charge >= 0.3 is 0 Å². The van der Waals surface area contributed by atoms with Gasteiger partial charge < -0.3 is 5.32 Å². The Morgan fingerprint density at radius 3 is 2.54 bits per heavy atom. The van der Waals surface area contributed by atoms with Gasteiger partial charge in [0.2, 0.25) is 0 Å². The Balaban J connectivity index is 2.84. The molecule has 1 N–H and O–H groups in total. The number of hydrogen-bond donors (Lipinski definition) is 1. The van der Waals surface area contributed by atoms with Gasteiger partial charge in [-0.25, -0.2) is 0 Å². The smallest absolute Gasteiger partial charge is 0.0453 e. The number of hydrogen-bond acceptors (Lipinski definition) is 1. The Morgan fingerprint density at radius 2 is 2.00 bits per heavy atom. The van der Waals surface area contributed by atoms with Crippen molar-refractivity contribution in [1.29, 1.82) is 0 Å². The second kappa shape index (κ2) is 5.25. The molecule has 0 heterocycles. The van der Waals surface area contributed by atoms with Gasteiger partial charge in [0.15, 0.2) is 0 Å². The predicted molar refractivity (Wildman–Crippen MR) is 58.2 cm³/mol. The summed E-state index contributed by atoms with van der Waals surface area (Å²) >= 11 is 6.09. The summed E-state index contributed by atoms with van der Waals surface area (Å²) in [5.74, 6) is 0. The summed E-state index contributed by atoms with van der Waals surface area (Å²) in [6, 6.07) is 8.40. The van der Waals surface area contributed by atoms with Crippen molar-refractivity contribution in [3.8, 4) is 0 Å². The van der Waals surface area contributed by atoms with E-state index < -0.39 is 0 Å². The van der Waals surface area contributed by atoms with Crippen molar-refractivity contribution in [2.45, 2.75) is 26.3 Å². The van der Waals surface area contributed by atoms with Crippen LogP contribution in [0.1, 0.15) is 31.9 Å². The van der Waals surface area contributed by atoms with Crippen molar-refractivity contribution >= 4 is 11.6 Å². The number of halogens is 1. The van der Waals surface area contributed by atoms with Gasteiger partial charge in [0, 0.05) is 11.1 Å². The van der Waals surface area contributed by atoms with E-state index in [4.69, 9.17) is 11.6 Å². The molecule has 0 amide bonds. The molecule has 0 aliphatic carbocycles. The van der Waals surface area contributed by atoms with E-state index in [0.717, 1.165) is 18.0 Å². The molecule has 1 aromatic carbocycles. The fourth-order valence-electron chi connectivity index (χ4n) is 1.48. The first-order valence-electron chi connectivity index (χ1n) is 4.77. The second-order valence-corrected chi connectivity index (χ2v) is 3.45. The highest BCUT2D eigenvalue weighted by molar-refractivity contribution is 6.31. The molecule has 0 unspecified atom stereocenters. The minimum absolute atomic E-state index is 0.388. The number of rotatable bonds is 4. The zero-order valence-corrected chi connectivity index (χ0v) is 8.93. The van der Waals surface area contributed by atoms with Crippen molar-refractivity contribution in [3.63, 3.8) is 0 Å². The van der Waals surface area contributed by atoms with Gasteiger partial charge in [-0.2, -0.15) is 0 Å². The van der Waals surface area contributed by atoms with Crippen molar-refractivity contribution in [2.24, 2.45) is 0 Å². The highest BCUT2D eigenvalue weighted by Crippen LogP contribution is 2.24. The summed E-state index contributed by atoms with van der Waals surface area (Å²) in [6.45, 7) is 5.25. The molecule has 0 radical (unpaired) electrons. The molecule has 0 aliphatic rings. The molecular formula is C11H16ClN. The van der Waals surface area contributed by atoms with E-state index in [1.54, 1.807) is 0 Å². The molecular weight excluding hydrogens is 182 g/mol. The zero-order valence-electron chi connectivity index (χ0n) is 8.18. The van der Waals surface area contributed by atoms with Gasteiger partial charge in [-0.05, 0) is 24.6 Å². The van der Waals surface area contributed by atoms with Crippen LogP contribution in [0.4, 0.5) is 0 Å². The maximum atomic E-state index is 6.09. The Labute approximate surface area is 85.1 Å². The maximum absolute atomic E-state index is 6.09. The summed E-state index contributed by atoms with van der Waals surface area (Å²) < 4.78 is 0. The van der Waals surface area contributed by atoms with Crippen molar-refractivity contribution in [3.05, 3.63) is 34.9 Å². The SMILES string of the molecule is CCN[C@H](CC)c1ccccc1Cl. The van der Waals surface area contributed by atoms with Crippen LogP contribution in [0.2, 0.25) is 5.02 Å². The Bertz CT molecular complexity index is 260. The summed E-state index contributed by atoms with van der Waals surface area (Å²) in [6.07, 6.45) is 1.07. The normalized spacial score (nSPS) is 12.8. The largest absolute Gasteiger partial charge is 0.310 e. The molecule has 0 saturated carbocycles. The molecule has 13 heavy (non-hydrogen) atoms. The van der Waals surface area contributed by atoms with Crippen molar-refractivity contribution in [1.82, 2.24) is 5.32 Å². The van der Waals surface area contributed by atoms with Crippen LogP contribution in [-0.4, -0.2) is 6.54 Å². The predicted octanol–water partition coefficient (Wildman–Crippen LogP) is 3.40. The van der Waals surface area contributed by atoms with Gasteiger partial charge in [0.1, 0.15) is 0 Å². The van der Waals surface area contributed by atoms with Gasteiger partial charge in [0.25, 0.3) is 0 Å². The van der Waals surface area contributed by atoms with Gasteiger partial charge in [-0.3, -0.25) is 0 Å². The maximum Gasteiger partial charge on any atom is 0.0453 e. The van der Waals surface area contributed by atoms with Crippen LogP contribution in [-0.2, 0) is 0 Å². The lowest BCUT2D eigenvalue weighted by molar-refractivity contribution is 0.537. The van der Waals surface area contributed by atoms with Crippen molar-refractivity contribution < 1.29 is 0 Å². The van der Waals surface area contributed by atoms with E-state index >= 15 is 0 Å². The molecule has 1 rings (SSSR count). The van der Waals surface area contributed by atoms with Gasteiger partial charge in [-0.15, -0.1) is 0 Å².